The van der Waals surface area contributed by atoms with Crippen LogP contribution in [0.5, 0.6) is 0 Å². The van der Waals surface area contributed by atoms with Gasteiger partial charge >= 0.3 is 0 Å². The molecule has 1 saturated carbocycles. The molecule has 1 fully saturated rings. The average molecular weight is 249 g/mol. The summed E-state index contributed by atoms with van der Waals surface area (Å²) in [5.41, 5.74) is 0.917. The summed E-state index contributed by atoms with van der Waals surface area (Å²) in [5.74, 6) is 0.835. The normalized spacial score (nSPS) is 16.9. The molecule has 0 amide bonds. The molecule has 1 heterocycles. The van der Waals surface area contributed by atoms with Gasteiger partial charge in [0, 0.05) is 12.6 Å². The van der Waals surface area contributed by atoms with E-state index >= 15 is 0 Å². The van der Waals surface area contributed by atoms with Crippen LogP contribution in [0.4, 0.5) is 0 Å². The summed E-state index contributed by atoms with van der Waals surface area (Å²) in [7, 11) is 0. The van der Waals surface area contributed by atoms with E-state index in [1.165, 1.54) is 36.8 Å². The number of aryl methyl sites for hydroxylation is 1. The fraction of sp³-hybridized carbons (Fsp3) is 0.714. The van der Waals surface area contributed by atoms with Crippen molar-refractivity contribution in [1.82, 2.24) is 15.1 Å². The van der Waals surface area contributed by atoms with Gasteiger partial charge in [-0.05, 0) is 37.8 Å². The first-order chi connectivity index (χ1) is 8.75. The highest BCUT2D eigenvalue weighted by atomic mass is 16.1. The third kappa shape index (κ3) is 3.95. The van der Waals surface area contributed by atoms with Crippen LogP contribution in [0, 0.1) is 12.8 Å². The first-order valence-corrected chi connectivity index (χ1v) is 7.00. The SMILES string of the molecule is Cc1cnn(CCNCC2CCCCC2)c(=O)c1. The lowest BCUT2D eigenvalue weighted by Gasteiger charge is -2.21. The molecule has 1 aromatic rings. The maximum absolute atomic E-state index is 11.6. The minimum Gasteiger partial charge on any atom is -0.315 e. The van der Waals surface area contributed by atoms with E-state index in [0.717, 1.165) is 24.6 Å². The van der Waals surface area contributed by atoms with Gasteiger partial charge in [-0.25, -0.2) is 4.68 Å². The summed E-state index contributed by atoms with van der Waals surface area (Å²) in [4.78, 5) is 11.6. The van der Waals surface area contributed by atoms with Crippen LogP contribution in [0.3, 0.4) is 0 Å². The molecule has 1 aliphatic rings. The molecule has 1 N–H and O–H groups in total. The van der Waals surface area contributed by atoms with E-state index in [1.807, 2.05) is 6.92 Å². The molecule has 0 radical (unpaired) electrons. The Labute approximate surface area is 108 Å². The summed E-state index contributed by atoms with van der Waals surface area (Å²) < 4.78 is 1.53. The first kappa shape index (κ1) is 13.3. The average Bonchev–Trinajstić information content (AvgIpc) is 2.38. The predicted octanol–water partition coefficient (Wildman–Crippen LogP) is 1.72. The zero-order valence-corrected chi connectivity index (χ0v) is 11.2. The lowest BCUT2D eigenvalue weighted by Crippen LogP contribution is -2.31. The topological polar surface area (TPSA) is 46.9 Å². The molecule has 2 rings (SSSR count). The Morgan fingerprint density at radius 2 is 2.17 bits per heavy atom. The van der Waals surface area contributed by atoms with Crippen molar-refractivity contribution in [1.29, 1.82) is 0 Å². The van der Waals surface area contributed by atoms with E-state index in [9.17, 15) is 4.79 Å². The molecule has 0 spiro atoms. The first-order valence-electron chi connectivity index (χ1n) is 7.00. The van der Waals surface area contributed by atoms with Crippen LogP contribution in [0.15, 0.2) is 17.1 Å². The minimum atomic E-state index is -0.00512. The number of nitrogens with zero attached hydrogens (tertiary/aromatic N) is 2. The lowest BCUT2D eigenvalue weighted by atomic mass is 9.89. The van der Waals surface area contributed by atoms with E-state index in [2.05, 4.69) is 10.4 Å². The van der Waals surface area contributed by atoms with E-state index in [4.69, 9.17) is 0 Å². The zero-order chi connectivity index (χ0) is 12.8. The monoisotopic (exact) mass is 249 g/mol. The van der Waals surface area contributed by atoms with Gasteiger partial charge in [0.2, 0.25) is 0 Å². The third-order valence-electron chi connectivity index (χ3n) is 3.66. The standard InChI is InChI=1S/C14H23N3O/c1-12-9-14(18)17(16-10-12)8-7-15-11-13-5-3-2-4-6-13/h9-10,13,15H,2-8,11H2,1H3. The Morgan fingerprint density at radius 1 is 1.39 bits per heavy atom. The maximum atomic E-state index is 11.6. The van der Waals surface area contributed by atoms with Gasteiger partial charge in [-0.1, -0.05) is 19.3 Å². The Kier molecular flexibility index (Phi) is 4.93. The largest absolute Gasteiger partial charge is 0.315 e. The maximum Gasteiger partial charge on any atom is 0.267 e. The number of aromatic nitrogens is 2. The summed E-state index contributed by atoms with van der Waals surface area (Å²) in [6.45, 7) is 4.46. The van der Waals surface area contributed by atoms with Crippen molar-refractivity contribution in [3.05, 3.63) is 28.2 Å². The summed E-state index contributed by atoms with van der Waals surface area (Å²) >= 11 is 0. The van der Waals surface area contributed by atoms with Crippen LogP contribution in [-0.4, -0.2) is 22.9 Å². The van der Waals surface area contributed by atoms with Gasteiger partial charge in [0.25, 0.3) is 5.56 Å². The van der Waals surface area contributed by atoms with Gasteiger partial charge < -0.3 is 5.32 Å². The van der Waals surface area contributed by atoms with Gasteiger partial charge in [-0.3, -0.25) is 4.79 Å². The molecule has 1 aromatic heterocycles. The molecule has 0 bridgehead atoms. The smallest absolute Gasteiger partial charge is 0.267 e. The molecule has 4 nitrogen and oxygen atoms in total. The number of rotatable bonds is 5. The van der Waals surface area contributed by atoms with Crippen molar-refractivity contribution in [2.24, 2.45) is 5.92 Å². The highest BCUT2D eigenvalue weighted by Crippen LogP contribution is 2.22. The Balaban J connectivity index is 1.70. The van der Waals surface area contributed by atoms with Crippen molar-refractivity contribution < 1.29 is 0 Å². The fourth-order valence-electron chi connectivity index (χ4n) is 2.57. The van der Waals surface area contributed by atoms with Crippen LogP contribution >= 0.6 is 0 Å². The second kappa shape index (κ2) is 6.69. The van der Waals surface area contributed by atoms with Crippen LogP contribution in [0.1, 0.15) is 37.7 Å². The van der Waals surface area contributed by atoms with Crippen LogP contribution < -0.4 is 10.9 Å². The number of hydrogen-bond acceptors (Lipinski definition) is 3. The van der Waals surface area contributed by atoms with Crippen molar-refractivity contribution in [2.45, 2.75) is 45.6 Å². The molecule has 0 aromatic carbocycles. The molecule has 0 aliphatic heterocycles. The number of hydrogen-bond donors (Lipinski definition) is 1. The van der Waals surface area contributed by atoms with E-state index < -0.39 is 0 Å². The van der Waals surface area contributed by atoms with Gasteiger partial charge in [-0.15, -0.1) is 0 Å². The molecular weight excluding hydrogens is 226 g/mol. The quantitative estimate of drug-likeness (QED) is 0.808. The highest BCUT2D eigenvalue weighted by molar-refractivity contribution is 5.02. The molecule has 1 aliphatic carbocycles. The Hall–Kier alpha value is -1.16. The fourth-order valence-corrected chi connectivity index (χ4v) is 2.57. The predicted molar refractivity (Wildman–Crippen MR) is 72.7 cm³/mol. The van der Waals surface area contributed by atoms with Crippen LogP contribution in [0.25, 0.3) is 0 Å². The second-order valence-electron chi connectivity index (χ2n) is 5.30. The third-order valence-corrected chi connectivity index (χ3v) is 3.66. The van der Waals surface area contributed by atoms with Crippen molar-refractivity contribution in [3.8, 4) is 0 Å². The van der Waals surface area contributed by atoms with Gasteiger partial charge in [0.1, 0.15) is 0 Å². The molecule has 0 saturated heterocycles. The summed E-state index contributed by atoms with van der Waals surface area (Å²) in [6.07, 6.45) is 8.61. The molecule has 0 atom stereocenters. The zero-order valence-electron chi connectivity index (χ0n) is 11.2. The van der Waals surface area contributed by atoms with Crippen molar-refractivity contribution in [2.75, 3.05) is 13.1 Å². The lowest BCUT2D eigenvalue weighted by molar-refractivity contribution is 0.339. The highest BCUT2D eigenvalue weighted by Gasteiger charge is 2.12. The van der Waals surface area contributed by atoms with E-state index in [-0.39, 0.29) is 5.56 Å². The molecule has 100 valence electrons. The summed E-state index contributed by atoms with van der Waals surface area (Å²) in [6, 6.07) is 1.63. The molecular formula is C14H23N3O. The van der Waals surface area contributed by atoms with Gasteiger partial charge in [0.05, 0.1) is 12.7 Å². The van der Waals surface area contributed by atoms with Crippen LogP contribution in [0.2, 0.25) is 0 Å². The van der Waals surface area contributed by atoms with Crippen LogP contribution in [-0.2, 0) is 6.54 Å². The minimum absolute atomic E-state index is 0.00512. The Morgan fingerprint density at radius 3 is 2.89 bits per heavy atom. The second-order valence-corrected chi connectivity index (χ2v) is 5.30. The van der Waals surface area contributed by atoms with Crippen molar-refractivity contribution in [3.63, 3.8) is 0 Å². The summed E-state index contributed by atoms with van der Waals surface area (Å²) in [5, 5.41) is 7.57. The molecule has 4 heteroatoms. The van der Waals surface area contributed by atoms with E-state index in [1.54, 1.807) is 12.3 Å². The van der Waals surface area contributed by atoms with Crippen molar-refractivity contribution >= 4 is 0 Å². The van der Waals surface area contributed by atoms with Gasteiger partial charge in [0.15, 0.2) is 0 Å². The molecule has 0 unspecified atom stereocenters. The number of nitrogens with one attached hydrogen (secondary N) is 1. The van der Waals surface area contributed by atoms with Gasteiger partial charge in [-0.2, -0.15) is 5.10 Å². The van der Waals surface area contributed by atoms with E-state index in [0.29, 0.717) is 6.54 Å². The molecule has 18 heavy (non-hydrogen) atoms. The Bertz CT molecular complexity index is 421.